The fraction of sp³-hybridized carbons (Fsp3) is 0.409. The highest BCUT2D eigenvalue weighted by atomic mass is 16.5. The van der Waals surface area contributed by atoms with Crippen molar-refractivity contribution in [2.24, 2.45) is 0 Å². The number of fused-ring (bicyclic) bond motifs is 2. The van der Waals surface area contributed by atoms with E-state index in [4.69, 9.17) is 9.15 Å². The van der Waals surface area contributed by atoms with Crippen LogP contribution >= 0.6 is 0 Å². The van der Waals surface area contributed by atoms with Crippen molar-refractivity contribution in [1.82, 2.24) is 0 Å². The molecule has 1 atom stereocenters. The van der Waals surface area contributed by atoms with Gasteiger partial charge in [-0.3, -0.25) is 4.79 Å². The molecule has 0 amide bonds. The first kappa shape index (κ1) is 19.4. The number of ether oxygens (including phenoxy) is 1. The van der Waals surface area contributed by atoms with E-state index in [1.807, 2.05) is 31.2 Å². The van der Waals surface area contributed by atoms with E-state index in [0.29, 0.717) is 31.6 Å². The van der Waals surface area contributed by atoms with E-state index in [1.54, 1.807) is 26.2 Å². The molecular weight excluding hydrogens is 344 g/mol. The predicted octanol–water partition coefficient (Wildman–Crippen LogP) is 3.77. The van der Waals surface area contributed by atoms with Crippen LogP contribution in [-0.4, -0.2) is 34.3 Å². The van der Waals surface area contributed by atoms with Gasteiger partial charge < -0.3 is 19.4 Å². The Labute approximate surface area is 158 Å². The van der Waals surface area contributed by atoms with Crippen LogP contribution in [0.3, 0.4) is 0 Å². The average molecular weight is 370 g/mol. The van der Waals surface area contributed by atoms with Crippen LogP contribution < -0.4 is 0 Å². The molecule has 0 saturated carbocycles. The van der Waals surface area contributed by atoms with Gasteiger partial charge in [0, 0.05) is 23.4 Å². The van der Waals surface area contributed by atoms with Gasteiger partial charge in [-0.2, -0.15) is 0 Å². The number of carbonyl (C=O) groups is 1. The lowest BCUT2D eigenvalue weighted by Gasteiger charge is -2.24. The number of rotatable bonds is 7. The standard InChI is InChI=1S/C22H26O5/c1-14(4-5-21(24)22(2,3)25)6-8-27-20-13-17(23)10-16-12-19-15(7-9-26-19)11-18(16)20/h6-7,9,11-13,21,24-25H,4-5,8,10H2,1-3H3/b14-6+. The minimum absolute atomic E-state index is 0.0115. The highest BCUT2D eigenvalue weighted by Gasteiger charge is 2.24. The summed E-state index contributed by atoms with van der Waals surface area (Å²) in [5.74, 6) is 0.585. The van der Waals surface area contributed by atoms with Crippen molar-refractivity contribution in [3.05, 3.63) is 53.3 Å². The second kappa shape index (κ2) is 7.71. The molecule has 1 unspecified atom stereocenters. The Bertz CT molecular complexity index is 895. The molecule has 1 aliphatic carbocycles. The molecular formula is C22H26O5. The van der Waals surface area contributed by atoms with Crippen LogP contribution in [0.4, 0.5) is 0 Å². The lowest BCUT2D eigenvalue weighted by molar-refractivity contribution is -0.114. The summed E-state index contributed by atoms with van der Waals surface area (Å²) in [4.78, 5) is 12.0. The molecule has 5 nitrogen and oxygen atoms in total. The Morgan fingerprint density at radius 1 is 1.41 bits per heavy atom. The second-order valence-electron chi connectivity index (χ2n) is 7.69. The van der Waals surface area contributed by atoms with Gasteiger partial charge in [0.05, 0.1) is 18.0 Å². The zero-order chi connectivity index (χ0) is 19.6. The molecule has 27 heavy (non-hydrogen) atoms. The van der Waals surface area contributed by atoms with E-state index in [0.717, 1.165) is 27.7 Å². The van der Waals surface area contributed by atoms with Crippen LogP contribution in [0.15, 0.2) is 46.6 Å². The van der Waals surface area contributed by atoms with Crippen molar-refractivity contribution >= 4 is 22.5 Å². The van der Waals surface area contributed by atoms with Crippen LogP contribution in [0, 0.1) is 0 Å². The Balaban J connectivity index is 1.65. The van der Waals surface area contributed by atoms with E-state index in [9.17, 15) is 15.0 Å². The van der Waals surface area contributed by atoms with E-state index in [-0.39, 0.29) is 5.78 Å². The van der Waals surface area contributed by atoms with Gasteiger partial charge in [-0.05, 0) is 63.5 Å². The number of furan rings is 1. The van der Waals surface area contributed by atoms with Gasteiger partial charge in [-0.1, -0.05) is 5.57 Å². The molecule has 3 rings (SSSR count). The summed E-state index contributed by atoms with van der Waals surface area (Å²) in [5, 5.41) is 20.7. The number of ketones is 1. The monoisotopic (exact) mass is 370 g/mol. The van der Waals surface area contributed by atoms with Gasteiger partial charge in [0.25, 0.3) is 0 Å². The summed E-state index contributed by atoms with van der Waals surface area (Å²) in [6, 6.07) is 5.78. The van der Waals surface area contributed by atoms with Gasteiger partial charge >= 0.3 is 0 Å². The third kappa shape index (κ3) is 4.67. The smallest absolute Gasteiger partial charge is 0.163 e. The SMILES string of the molecule is C/C(=C\COC1=CC(=O)Cc2cc3occc3cc21)CCC(O)C(C)(C)O. The number of allylic oxidation sites excluding steroid dienone is 2. The summed E-state index contributed by atoms with van der Waals surface area (Å²) in [6.45, 7) is 5.50. The van der Waals surface area contributed by atoms with Gasteiger partial charge in [-0.15, -0.1) is 0 Å². The van der Waals surface area contributed by atoms with Crippen LogP contribution in [-0.2, 0) is 16.0 Å². The van der Waals surface area contributed by atoms with Crippen molar-refractivity contribution in [1.29, 1.82) is 0 Å². The maximum Gasteiger partial charge on any atom is 0.163 e. The number of carbonyl (C=O) groups excluding carboxylic acids is 1. The molecule has 0 saturated heterocycles. The molecule has 0 spiro atoms. The largest absolute Gasteiger partial charge is 0.489 e. The second-order valence-corrected chi connectivity index (χ2v) is 7.69. The molecule has 0 aliphatic heterocycles. The van der Waals surface area contributed by atoms with Crippen molar-refractivity contribution < 1.29 is 24.2 Å². The first-order valence-corrected chi connectivity index (χ1v) is 9.18. The predicted molar refractivity (Wildman–Crippen MR) is 104 cm³/mol. The molecule has 0 bridgehead atoms. The molecule has 0 fully saturated rings. The van der Waals surface area contributed by atoms with Crippen LogP contribution in [0.25, 0.3) is 16.7 Å². The van der Waals surface area contributed by atoms with Gasteiger partial charge in [0.15, 0.2) is 5.78 Å². The molecule has 5 heteroatoms. The van der Waals surface area contributed by atoms with Crippen LogP contribution in [0.1, 0.15) is 44.7 Å². The van der Waals surface area contributed by atoms with Crippen LogP contribution in [0.5, 0.6) is 0 Å². The summed E-state index contributed by atoms with van der Waals surface area (Å²) >= 11 is 0. The van der Waals surface area contributed by atoms with E-state index in [1.165, 1.54) is 0 Å². The Morgan fingerprint density at radius 3 is 2.93 bits per heavy atom. The zero-order valence-electron chi connectivity index (χ0n) is 16.0. The molecule has 1 heterocycles. The summed E-state index contributed by atoms with van der Waals surface area (Å²) in [6.07, 6.45) is 5.85. The molecule has 1 aromatic heterocycles. The number of benzene rings is 1. The topological polar surface area (TPSA) is 79.9 Å². The third-order valence-corrected chi connectivity index (χ3v) is 4.90. The summed E-state index contributed by atoms with van der Waals surface area (Å²) in [7, 11) is 0. The quantitative estimate of drug-likeness (QED) is 0.725. The van der Waals surface area contributed by atoms with Crippen molar-refractivity contribution in [2.75, 3.05) is 6.61 Å². The summed E-state index contributed by atoms with van der Waals surface area (Å²) < 4.78 is 11.3. The summed E-state index contributed by atoms with van der Waals surface area (Å²) in [5.41, 5.74) is 2.56. The normalized spacial score (nSPS) is 16.3. The van der Waals surface area contributed by atoms with Gasteiger partial charge in [0.2, 0.25) is 0 Å². The number of hydrogen-bond acceptors (Lipinski definition) is 5. The first-order valence-electron chi connectivity index (χ1n) is 9.18. The molecule has 2 N–H and O–H groups in total. The maximum absolute atomic E-state index is 12.0. The van der Waals surface area contributed by atoms with Crippen molar-refractivity contribution in [2.45, 2.75) is 51.7 Å². The van der Waals surface area contributed by atoms with E-state index in [2.05, 4.69) is 0 Å². The number of hydrogen-bond donors (Lipinski definition) is 2. The van der Waals surface area contributed by atoms with Crippen molar-refractivity contribution in [3.63, 3.8) is 0 Å². The first-order chi connectivity index (χ1) is 12.7. The molecule has 144 valence electrons. The van der Waals surface area contributed by atoms with Gasteiger partial charge in [0.1, 0.15) is 17.9 Å². The minimum Gasteiger partial charge on any atom is -0.489 e. The van der Waals surface area contributed by atoms with E-state index >= 15 is 0 Å². The fourth-order valence-corrected chi connectivity index (χ4v) is 3.10. The Hall–Kier alpha value is -2.37. The van der Waals surface area contributed by atoms with Gasteiger partial charge in [-0.25, -0.2) is 0 Å². The zero-order valence-corrected chi connectivity index (χ0v) is 16.0. The lowest BCUT2D eigenvalue weighted by Crippen LogP contribution is -2.35. The lowest BCUT2D eigenvalue weighted by atomic mass is 9.94. The molecule has 1 aliphatic rings. The number of aliphatic hydroxyl groups excluding tert-OH is 1. The molecule has 0 radical (unpaired) electrons. The van der Waals surface area contributed by atoms with E-state index < -0.39 is 11.7 Å². The Kier molecular flexibility index (Phi) is 5.53. The maximum atomic E-state index is 12.0. The number of aliphatic hydroxyl groups is 2. The molecule has 1 aromatic carbocycles. The van der Waals surface area contributed by atoms with Crippen LogP contribution in [0.2, 0.25) is 0 Å². The Morgan fingerprint density at radius 2 is 2.19 bits per heavy atom. The highest BCUT2D eigenvalue weighted by molar-refractivity contribution is 6.02. The third-order valence-electron chi connectivity index (χ3n) is 4.90. The average Bonchev–Trinajstić information content (AvgIpc) is 3.04. The molecule has 2 aromatic rings. The highest BCUT2D eigenvalue weighted by Crippen LogP contribution is 2.30. The minimum atomic E-state index is -1.10. The fourth-order valence-electron chi connectivity index (χ4n) is 3.10. The van der Waals surface area contributed by atoms with Crippen molar-refractivity contribution in [3.8, 4) is 0 Å².